The maximum atomic E-state index is 12.4. The van der Waals surface area contributed by atoms with Crippen molar-refractivity contribution in [2.75, 3.05) is 6.61 Å². The number of rotatable bonds is 7. The summed E-state index contributed by atoms with van der Waals surface area (Å²) in [4.78, 5) is 17.5. The Hall–Kier alpha value is -3.03. The van der Waals surface area contributed by atoms with Gasteiger partial charge < -0.3 is 14.8 Å². The van der Waals surface area contributed by atoms with E-state index in [4.69, 9.17) is 9.47 Å². The molecule has 0 atom stereocenters. The average molecular weight is 509 g/mol. The Morgan fingerprint density at radius 3 is 2.62 bits per heavy atom. The van der Waals surface area contributed by atoms with Crippen LogP contribution in [0, 0.1) is 0 Å². The molecule has 0 bridgehead atoms. The number of benzene rings is 3. The lowest BCUT2D eigenvalue weighted by Gasteiger charge is -2.13. The fraction of sp³-hybridized carbons (Fsp3) is 0.120. The van der Waals surface area contributed by atoms with Gasteiger partial charge in [-0.25, -0.2) is 4.99 Å². The summed E-state index contributed by atoms with van der Waals surface area (Å²) in [5.41, 5.74) is 2.70. The smallest absolute Gasteiger partial charge is 0.264 e. The first-order valence-electron chi connectivity index (χ1n) is 10.1. The van der Waals surface area contributed by atoms with E-state index < -0.39 is 0 Å². The number of hydrogen-bond donors (Lipinski definition) is 1. The van der Waals surface area contributed by atoms with Crippen molar-refractivity contribution < 1.29 is 14.3 Å². The van der Waals surface area contributed by atoms with E-state index >= 15 is 0 Å². The second-order valence-electron chi connectivity index (χ2n) is 6.88. The molecule has 1 aliphatic rings. The highest BCUT2D eigenvalue weighted by molar-refractivity contribution is 9.10. The third kappa shape index (κ3) is 5.81. The number of carbonyl (C=O) groups excluding carboxylic acids is 1. The number of ether oxygens (including phenoxy) is 2. The van der Waals surface area contributed by atoms with Crippen molar-refractivity contribution in [3.8, 4) is 11.5 Å². The fourth-order valence-electron chi connectivity index (χ4n) is 3.03. The first kappa shape index (κ1) is 22.2. The van der Waals surface area contributed by atoms with E-state index in [9.17, 15) is 4.79 Å². The van der Waals surface area contributed by atoms with Gasteiger partial charge in [0.15, 0.2) is 16.7 Å². The van der Waals surface area contributed by atoms with Crippen molar-refractivity contribution in [2.45, 2.75) is 13.5 Å². The van der Waals surface area contributed by atoms with E-state index in [2.05, 4.69) is 26.2 Å². The van der Waals surface area contributed by atoms with Crippen molar-refractivity contribution in [3.63, 3.8) is 0 Å². The standard InChI is InChI=1S/C25H21BrN2O3S/c1-2-30-22-13-18(11-12-21(22)31-16-17-7-4-3-5-8-17)14-23-24(29)28-25(32-23)27-20-10-6-9-19(26)15-20/h3-15H,2,16H2,1H3,(H,27,28,29)/b23-14-. The number of aliphatic imine (C=N–C) groups is 1. The molecule has 3 aromatic rings. The molecule has 32 heavy (non-hydrogen) atoms. The monoisotopic (exact) mass is 508 g/mol. The molecule has 3 aromatic carbocycles. The Labute approximate surface area is 199 Å². The number of thioether (sulfide) groups is 1. The largest absolute Gasteiger partial charge is 0.490 e. The Morgan fingerprint density at radius 1 is 1.00 bits per heavy atom. The van der Waals surface area contributed by atoms with Crippen LogP contribution in [-0.4, -0.2) is 17.7 Å². The van der Waals surface area contributed by atoms with Gasteiger partial charge in [-0.15, -0.1) is 0 Å². The topological polar surface area (TPSA) is 59.9 Å². The van der Waals surface area contributed by atoms with E-state index in [1.54, 1.807) is 0 Å². The van der Waals surface area contributed by atoms with Crippen molar-refractivity contribution >= 4 is 50.5 Å². The fourth-order valence-corrected chi connectivity index (χ4v) is 4.26. The molecule has 0 spiro atoms. The zero-order valence-electron chi connectivity index (χ0n) is 17.4. The molecule has 0 aromatic heterocycles. The summed E-state index contributed by atoms with van der Waals surface area (Å²) in [6.45, 7) is 2.90. The number of amides is 1. The van der Waals surface area contributed by atoms with E-state index in [-0.39, 0.29) is 5.91 Å². The molecule has 162 valence electrons. The number of hydrogen-bond acceptors (Lipinski definition) is 5. The van der Waals surface area contributed by atoms with Gasteiger partial charge in [0.05, 0.1) is 17.2 Å². The van der Waals surface area contributed by atoms with Crippen molar-refractivity contribution in [3.05, 3.63) is 93.3 Å². The first-order valence-corrected chi connectivity index (χ1v) is 11.7. The van der Waals surface area contributed by atoms with Crippen molar-refractivity contribution in [1.29, 1.82) is 0 Å². The second-order valence-corrected chi connectivity index (χ2v) is 8.82. The first-order chi connectivity index (χ1) is 15.6. The molecule has 0 unspecified atom stereocenters. The summed E-state index contributed by atoms with van der Waals surface area (Å²) < 4.78 is 12.7. The number of nitrogens with zero attached hydrogens (tertiary/aromatic N) is 1. The van der Waals surface area contributed by atoms with Crippen LogP contribution in [-0.2, 0) is 11.4 Å². The quantitative estimate of drug-likeness (QED) is 0.379. The zero-order chi connectivity index (χ0) is 22.3. The molecule has 1 amide bonds. The molecule has 1 saturated heterocycles. The predicted molar refractivity (Wildman–Crippen MR) is 133 cm³/mol. The van der Waals surface area contributed by atoms with Crippen LogP contribution in [0.15, 0.2) is 87.2 Å². The summed E-state index contributed by atoms with van der Waals surface area (Å²) in [6.07, 6.45) is 1.83. The molecular weight excluding hydrogens is 488 g/mol. The van der Waals surface area contributed by atoms with Crippen LogP contribution in [0.3, 0.4) is 0 Å². The van der Waals surface area contributed by atoms with Gasteiger partial charge in [-0.1, -0.05) is 58.4 Å². The van der Waals surface area contributed by atoms with Gasteiger partial charge in [0.2, 0.25) is 0 Å². The molecule has 5 nitrogen and oxygen atoms in total. The third-order valence-electron chi connectivity index (χ3n) is 4.49. The van der Waals surface area contributed by atoms with Gasteiger partial charge in [-0.3, -0.25) is 4.79 Å². The van der Waals surface area contributed by atoms with Crippen LogP contribution in [0.4, 0.5) is 5.69 Å². The van der Waals surface area contributed by atoms with Gasteiger partial charge in [-0.2, -0.15) is 0 Å². The Morgan fingerprint density at radius 2 is 1.84 bits per heavy atom. The number of halogens is 1. The second kappa shape index (κ2) is 10.5. The lowest BCUT2D eigenvalue weighted by Crippen LogP contribution is -2.19. The highest BCUT2D eigenvalue weighted by Crippen LogP contribution is 2.33. The molecule has 1 aliphatic heterocycles. The minimum absolute atomic E-state index is 0.175. The van der Waals surface area contributed by atoms with Crippen LogP contribution in [0.5, 0.6) is 11.5 Å². The molecule has 4 rings (SSSR count). The number of nitrogens with one attached hydrogen (secondary N) is 1. The predicted octanol–water partition coefficient (Wildman–Crippen LogP) is 6.32. The van der Waals surface area contributed by atoms with Crippen LogP contribution in [0.25, 0.3) is 6.08 Å². The maximum Gasteiger partial charge on any atom is 0.264 e. The molecule has 0 aliphatic carbocycles. The molecule has 1 N–H and O–H groups in total. The minimum atomic E-state index is -0.175. The van der Waals surface area contributed by atoms with Crippen LogP contribution in [0.1, 0.15) is 18.1 Å². The Kier molecular flexibility index (Phi) is 7.29. The molecule has 7 heteroatoms. The third-order valence-corrected chi connectivity index (χ3v) is 5.90. The molecule has 0 radical (unpaired) electrons. The Bertz CT molecular complexity index is 1180. The lowest BCUT2D eigenvalue weighted by atomic mass is 10.2. The van der Waals surface area contributed by atoms with Gasteiger partial charge in [0.1, 0.15) is 6.61 Å². The zero-order valence-corrected chi connectivity index (χ0v) is 19.8. The minimum Gasteiger partial charge on any atom is -0.490 e. The van der Waals surface area contributed by atoms with E-state index in [1.165, 1.54) is 11.8 Å². The summed E-state index contributed by atoms with van der Waals surface area (Å²) in [5.74, 6) is 1.13. The molecule has 1 fully saturated rings. The highest BCUT2D eigenvalue weighted by atomic mass is 79.9. The maximum absolute atomic E-state index is 12.4. The average Bonchev–Trinajstić information content (AvgIpc) is 3.12. The van der Waals surface area contributed by atoms with Gasteiger partial charge in [-0.05, 0) is 66.2 Å². The van der Waals surface area contributed by atoms with Gasteiger partial charge in [0.25, 0.3) is 5.91 Å². The number of carbonyl (C=O) groups is 1. The molecular formula is C25H21BrN2O3S. The highest BCUT2D eigenvalue weighted by Gasteiger charge is 2.24. The SMILES string of the molecule is CCOc1cc(/C=C2\SC(=Nc3cccc(Br)c3)NC2=O)ccc1OCc1ccccc1. The summed E-state index contributed by atoms with van der Waals surface area (Å²) in [6, 6.07) is 23.2. The van der Waals surface area contributed by atoms with Crippen molar-refractivity contribution in [1.82, 2.24) is 5.32 Å². The van der Waals surface area contributed by atoms with Crippen LogP contribution >= 0.6 is 27.7 Å². The molecule has 0 saturated carbocycles. The van der Waals surface area contributed by atoms with E-state index in [1.807, 2.05) is 85.8 Å². The number of amidine groups is 1. The van der Waals surface area contributed by atoms with Gasteiger partial charge in [0, 0.05) is 4.47 Å². The summed E-state index contributed by atoms with van der Waals surface area (Å²) in [7, 11) is 0. The molecule has 1 heterocycles. The van der Waals surface area contributed by atoms with E-state index in [0.717, 1.165) is 21.3 Å². The lowest BCUT2D eigenvalue weighted by molar-refractivity contribution is -0.115. The normalized spacial score (nSPS) is 15.8. The summed E-state index contributed by atoms with van der Waals surface area (Å²) >= 11 is 4.74. The van der Waals surface area contributed by atoms with Crippen LogP contribution in [0.2, 0.25) is 0 Å². The van der Waals surface area contributed by atoms with Crippen molar-refractivity contribution in [2.24, 2.45) is 4.99 Å². The van der Waals surface area contributed by atoms with Gasteiger partial charge >= 0.3 is 0 Å². The van der Waals surface area contributed by atoms with E-state index in [0.29, 0.717) is 34.8 Å². The summed E-state index contributed by atoms with van der Waals surface area (Å²) in [5, 5.41) is 3.36. The Balaban J connectivity index is 1.51. The van der Waals surface area contributed by atoms with Crippen LogP contribution < -0.4 is 14.8 Å².